The topological polar surface area (TPSA) is 49.3 Å². The van der Waals surface area contributed by atoms with Gasteiger partial charge >= 0.3 is 0 Å². The van der Waals surface area contributed by atoms with E-state index in [9.17, 15) is 14.3 Å². The Labute approximate surface area is 116 Å². The van der Waals surface area contributed by atoms with Crippen molar-refractivity contribution < 1.29 is 14.3 Å². The number of carbonyl (C=O) groups excluding carboxylic acids is 1. The van der Waals surface area contributed by atoms with Gasteiger partial charge in [-0.15, -0.1) is 0 Å². The Balaban J connectivity index is 1.90. The third kappa shape index (κ3) is 3.91. The van der Waals surface area contributed by atoms with Crippen LogP contribution in [0.3, 0.4) is 0 Å². The van der Waals surface area contributed by atoms with Gasteiger partial charge in [0, 0.05) is 11.6 Å². The Morgan fingerprint density at radius 2 is 2.26 bits per heavy atom. The molecule has 1 aliphatic carbocycles. The number of halogens is 2. The molecule has 19 heavy (non-hydrogen) atoms. The van der Waals surface area contributed by atoms with Gasteiger partial charge in [-0.25, -0.2) is 4.39 Å². The Kier molecular flexibility index (Phi) is 4.77. The first-order chi connectivity index (χ1) is 9.06. The minimum Gasteiger partial charge on any atom is -0.393 e. The van der Waals surface area contributed by atoms with Crippen LogP contribution in [-0.2, 0) is 0 Å². The quantitative estimate of drug-likeness (QED) is 0.897. The average molecular weight is 286 g/mol. The van der Waals surface area contributed by atoms with Crippen LogP contribution >= 0.6 is 11.6 Å². The SMILES string of the molecule is O=C(NCC1CCCC(O)C1)c1ccc(Cl)cc1F. The molecule has 1 aromatic carbocycles. The van der Waals surface area contributed by atoms with Crippen LogP contribution in [0.2, 0.25) is 5.02 Å². The van der Waals surface area contributed by atoms with E-state index in [0.29, 0.717) is 13.0 Å². The zero-order valence-corrected chi connectivity index (χ0v) is 11.3. The smallest absolute Gasteiger partial charge is 0.254 e. The van der Waals surface area contributed by atoms with Crippen LogP contribution in [0.4, 0.5) is 4.39 Å². The van der Waals surface area contributed by atoms with Gasteiger partial charge in [-0.05, 0) is 43.4 Å². The van der Waals surface area contributed by atoms with Crippen LogP contribution in [0.1, 0.15) is 36.0 Å². The predicted molar refractivity (Wildman–Crippen MR) is 71.7 cm³/mol. The van der Waals surface area contributed by atoms with E-state index in [1.165, 1.54) is 12.1 Å². The van der Waals surface area contributed by atoms with Crippen molar-refractivity contribution in [2.24, 2.45) is 5.92 Å². The summed E-state index contributed by atoms with van der Waals surface area (Å²) in [5.74, 6) is -0.786. The van der Waals surface area contributed by atoms with E-state index in [1.54, 1.807) is 0 Å². The van der Waals surface area contributed by atoms with Gasteiger partial charge in [-0.2, -0.15) is 0 Å². The summed E-state index contributed by atoms with van der Waals surface area (Å²) in [7, 11) is 0. The molecule has 0 radical (unpaired) electrons. The lowest BCUT2D eigenvalue weighted by atomic mass is 9.87. The third-order valence-corrected chi connectivity index (χ3v) is 3.72. The monoisotopic (exact) mass is 285 g/mol. The summed E-state index contributed by atoms with van der Waals surface area (Å²) in [5.41, 5.74) is 0.000702. The van der Waals surface area contributed by atoms with Crippen molar-refractivity contribution in [2.45, 2.75) is 31.8 Å². The number of amides is 1. The highest BCUT2D eigenvalue weighted by Gasteiger charge is 2.21. The third-order valence-electron chi connectivity index (χ3n) is 3.48. The van der Waals surface area contributed by atoms with Gasteiger partial charge in [0.05, 0.1) is 11.7 Å². The van der Waals surface area contributed by atoms with E-state index in [4.69, 9.17) is 11.6 Å². The highest BCUT2D eigenvalue weighted by molar-refractivity contribution is 6.30. The Morgan fingerprint density at radius 3 is 2.95 bits per heavy atom. The molecule has 0 heterocycles. The molecule has 2 atom stereocenters. The number of rotatable bonds is 3. The highest BCUT2D eigenvalue weighted by Crippen LogP contribution is 2.23. The fourth-order valence-corrected chi connectivity index (χ4v) is 2.61. The number of aliphatic hydroxyl groups excluding tert-OH is 1. The van der Waals surface area contributed by atoms with Crippen LogP contribution in [0.5, 0.6) is 0 Å². The molecule has 1 aromatic rings. The van der Waals surface area contributed by atoms with Gasteiger partial charge in [0.1, 0.15) is 5.82 Å². The number of benzene rings is 1. The first-order valence-corrected chi connectivity index (χ1v) is 6.85. The molecule has 0 aliphatic heterocycles. The van der Waals surface area contributed by atoms with Gasteiger partial charge in [0.25, 0.3) is 5.91 Å². The molecule has 0 bridgehead atoms. The molecule has 1 fully saturated rings. The number of hydrogen-bond donors (Lipinski definition) is 2. The minimum absolute atomic E-state index is 0.000702. The standard InChI is InChI=1S/C14H17ClFNO2/c15-10-4-5-12(13(16)7-10)14(19)17-8-9-2-1-3-11(18)6-9/h4-5,7,9,11,18H,1-3,6,8H2,(H,17,19). The van der Waals surface area contributed by atoms with Crippen molar-refractivity contribution in [3.05, 3.63) is 34.6 Å². The van der Waals surface area contributed by atoms with Crippen molar-refractivity contribution in [1.82, 2.24) is 5.32 Å². The lowest BCUT2D eigenvalue weighted by Crippen LogP contribution is -2.33. The van der Waals surface area contributed by atoms with Gasteiger partial charge in [-0.3, -0.25) is 4.79 Å². The first-order valence-electron chi connectivity index (χ1n) is 6.47. The summed E-state index contributed by atoms with van der Waals surface area (Å²) in [4.78, 5) is 11.8. The minimum atomic E-state index is -0.617. The van der Waals surface area contributed by atoms with Crippen LogP contribution in [-0.4, -0.2) is 23.7 Å². The van der Waals surface area contributed by atoms with E-state index in [-0.39, 0.29) is 22.6 Å². The van der Waals surface area contributed by atoms with E-state index in [1.807, 2.05) is 0 Å². The number of aliphatic hydroxyl groups is 1. The summed E-state index contributed by atoms with van der Waals surface area (Å²) in [5, 5.41) is 12.5. The van der Waals surface area contributed by atoms with Crippen LogP contribution in [0.15, 0.2) is 18.2 Å². The zero-order chi connectivity index (χ0) is 13.8. The Hall–Kier alpha value is -1.13. The van der Waals surface area contributed by atoms with Crippen molar-refractivity contribution in [3.63, 3.8) is 0 Å². The molecule has 104 valence electrons. The average Bonchev–Trinajstić information content (AvgIpc) is 2.36. The lowest BCUT2D eigenvalue weighted by Gasteiger charge is -2.25. The lowest BCUT2D eigenvalue weighted by molar-refractivity contribution is 0.0871. The van der Waals surface area contributed by atoms with Crippen molar-refractivity contribution in [3.8, 4) is 0 Å². The van der Waals surface area contributed by atoms with Crippen LogP contribution in [0, 0.1) is 11.7 Å². The maximum absolute atomic E-state index is 13.5. The van der Waals surface area contributed by atoms with E-state index >= 15 is 0 Å². The molecule has 3 nitrogen and oxygen atoms in total. The maximum atomic E-state index is 13.5. The normalized spacial score (nSPS) is 23.1. The number of nitrogens with one attached hydrogen (secondary N) is 1. The fourth-order valence-electron chi connectivity index (χ4n) is 2.45. The second kappa shape index (κ2) is 6.35. The summed E-state index contributed by atoms with van der Waals surface area (Å²) in [6.07, 6.45) is 3.21. The molecular formula is C14H17ClFNO2. The maximum Gasteiger partial charge on any atom is 0.254 e. The van der Waals surface area contributed by atoms with Crippen molar-refractivity contribution in [1.29, 1.82) is 0 Å². The largest absolute Gasteiger partial charge is 0.393 e. The zero-order valence-electron chi connectivity index (χ0n) is 10.5. The second-order valence-corrected chi connectivity index (χ2v) is 5.46. The molecule has 2 N–H and O–H groups in total. The Bertz CT molecular complexity index is 467. The molecular weight excluding hydrogens is 269 g/mol. The summed E-state index contributed by atoms with van der Waals surface area (Å²) >= 11 is 5.64. The predicted octanol–water partition coefficient (Wildman–Crippen LogP) is 2.76. The molecule has 0 aromatic heterocycles. The molecule has 1 saturated carbocycles. The molecule has 1 amide bonds. The van der Waals surface area contributed by atoms with Gasteiger partial charge in [0.2, 0.25) is 0 Å². The molecule has 1 aliphatic rings. The molecule has 0 saturated heterocycles. The van der Waals surface area contributed by atoms with Crippen molar-refractivity contribution >= 4 is 17.5 Å². The number of carbonyl (C=O) groups is 1. The summed E-state index contributed by atoms with van der Waals surface area (Å²) < 4.78 is 13.5. The van der Waals surface area contributed by atoms with E-state index < -0.39 is 11.7 Å². The molecule has 2 rings (SSSR count). The molecule has 5 heteroatoms. The van der Waals surface area contributed by atoms with E-state index in [2.05, 4.69) is 5.32 Å². The first kappa shape index (κ1) is 14.3. The number of hydrogen-bond acceptors (Lipinski definition) is 2. The van der Waals surface area contributed by atoms with Gasteiger partial charge < -0.3 is 10.4 Å². The Morgan fingerprint density at radius 1 is 1.47 bits per heavy atom. The van der Waals surface area contributed by atoms with E-state index in [0.717, 1.165) is 25.3 Å². The van der Waals surface area contributed by atoms with Gasteiger partial charge in [0.15, 0.2) is 0 Å². The summed E-state index contributed by atoms with van der Waals surface area (Å²) in [6.45, 7) is 0.470. The fraction of sp³-hybridized carbons (Fsp3) is 0.500. The second-order valence-electron chi connectivity index (χ2n) is 5.02. The van der Waals surface area contributed by atoms with Crippen LogP contribution in [0.25, 0.3) is 0 Å². The summed E-state index contributed by atoms with van der Waals surface area (Å²) in [6, 6.07) is 3.99. The molecule has 0 spiro atoms. The van der Waals surface area contributed by atoms with Crippen LogP contribution < -0.4 is 5.32 Å². The van der Waals surface area contributed by atoms with Gasteiger partial charge in [-0.1, -0.05) is 18.0 Å². The highest BCUT2D eigenvalue weighted by atomic mass is 35.5. The molecule has 2 unspecified atom stereocenters. The van der Waals surface area contributed by atoms with Crippen molar-refractivity contribution in [2.75, 3.05) is 6.54 Å².